The molecule has 0 unspecified atom stereocenters. The van der Waals surface area contributed by atoms with E-state index in [9.17, 15) is 0 Å². The zero-order valence-electron chi connectivity index (χ0n) is 6.77. The first-order chi connectivity index (χ1) is 6.09. The molecule has 0 saturated carbocycles. The summed E-state index contributed by atoms with van der Waals surface area (Å²) in [6, 6.07) is 1.56. The topological polar surface area (TPSA) is 52.0 Å². The van der Waals surface area contributed by atoms with Crippen LogP contribution in [0, 0.1) is 6.92 Å². The second kappa shape index (κ2) is 2.79. The molecule has 0 amide bonds. The van der Waals surface area contributed by atoms with E-state index < -0.39 is 0 Å². The molecule has 0 spiro atoms. The van der Waals surface area contributed by atoms with Gasteiger partial charge in [-0.1, -0.05) is 23.2 Å². The molecule has 0 saturated heterocycles. The van der Waals surface area contributed by atoms with E-state index >= 15 is 0 Å². The summed E-state index contributed by atoms with van der Waals surface area (Å²) in [5, 5.41) is 0.833. The van der Waals surface area contributed by atoms with Crippen molar-refractivity contribution in [2.24, 2.45) is 0 Å². The highest BCUT2D eigenvalue weighted by molar-refractivity contribution is 6.40. The minimum atomic E-state index is 0.377. The van der Waals surface area contributed by atoms with E-state index in [0.717, 1.165) is 0 Å². The van der Waals surface area contributed by atoms with Gasteiger partial charge in [0.05, 0.1) is 15.7 Å². The van der Waals surface area contributed by atoms with Crippen molar-refractivity contribution in [2.75, 3.05) is 5.73 Å². The van der Waals surface area contributed by atoms with E-state index in [1.54, 1.807) is 13.0 Å². The molecule has 2 rings (SSSR count). The molecule has 1 heterocycles. The number of oxazole rings is 1. The van der Waals surface area contributed by atoms with Gasteiger partial charge in [-0.2, -0.15) is 0 Å². The summed E-state index contributed by atoms with van der Waals surface area (Å²) in [5.74, 6) is 0.519. The predicted molar refractivity (Wildman–Crippen MR) is 53.2 cm³/mol. The molecule has 2 aromatic rings. The van der Waals surface area contributed by atoms with Crippen LogP contribution in [-0.2, 0) is 0 Å². The van der Waals surface area contributed by atoms with Crippen molar-refractivity contribution < 1.29 is 4.42 Å². The van der Waals surface area contributed by atoms with Crippen LogP contribution in [0.25, 0.3) is 11.1 Å². The predicted octanol–water partition coefficient (Wildman–Crippen LogP) is 3.03. The Morgan fingerprint density at radius 1 is 1.38 bits per heavy atom. The average Bonchev–Trinajstić information content (AvgIpc) is 2.44. The molecule has 0 atom stereocenters. The molecule has 1 aromatic heterocycles. The summed E-state index contributed by atoms with van der Waals surface area (Å²) in [6.07, 6.45) is 0. The van der Waals surface area contributed by atoms with Gasteiger partial charge in [0.1, 0.15) is 5.52 Å². The Morgan fingerprint density at radius 3 is 2.77 bits per heavy atom. The molecule has 68 valence electrons. The van der Waals surface area contributed by atoms with Gasteiger partial charge in [0.25, 0.3) is 0 Å². The SMILES string of the molecule is Cc1nc2c(Cl)cc(Cl)c(N)c2o1. The third-order valence-electron chi connectivity index (χ3n) is 1.72. The number of nitrogens with two attached hydrogens (primary N) is 1. The fourth-order valence-corrected chi connectivity index (χ4v) is 1.63. The van der Waals surface area contributed by atoms with E-state index in [4.69, 9.17) is 33.4 Å². The number of nitrogens with zero attached hydrogens (tertiary/aromatic N) is 1. The van der Waals surface area contributed by atoms with Gasteiger partial charge in [0.15, 0.2) is 11.5 Å². The van der Waals surface area contributed by atoms with Crippen LogP contribution in [0.1, 0.15) is 5.89 Å². The van der Waals surface area contributed by atoms with Crippen LogP contribution in [0.3, 0.4) is 0 Å². The zero-order valence-corrected chi connectivity index (χ0v) is 8.28. The van der Waals surface area contributed by atoms with Gasteiger partial charge in [-0.3, -0.25) is 0 Å². The van der Waals surface area contributed by atoms with E-state index in [-0.39, 0.29) is 0 Å². The number of halogens is 2. The van der Waals surface area contributed by atoms with Gasteiger partial charge in [0, 0.05) is 6.92 Å². The van der Waals surface area contributed by atoms with Crippen LogP contribution in [0.15, 0.2) is 10.5 Å². The molecule has 0 bridgehead atoms. The van der Waals surface area contributed by atoms with Crippen LogP contribution in [-0.4, -0.2) is 4.98 Å². The molecule has 5 heteroatoms. The summed E-state index contributed by atoms with van der Waals surface area (Å²) in [4.78, 5) is 4.08. The normalized spacial score (nSPS) is 11.0. The van der Waals surface area contributed by atoms with Crippen molar-refractivity contribution in [3.63, 3.8) is 0 Å². The Kier molecular flexibility index (Phi) is 1.86. The number of rotatable bonds is 0. The quantitative estimate of drug-likeness (QED) is 0.690. The second-order valence-corrected chi connectivity index (χ2v) is 3.48. The maximum absolute atomic E-state index is 5.89. The minimum Gasteiger partial charge on any atom is -0.439 e. The van der Waals surface area contributed by atoms with Crippen LogP contribution < -0.4 is 5.73 Å². The monoisotopic (exact) mass is 216 g/mol. The Balaban J connectivity index is 2.95. The number of nitrogen functional groups attached to an aromatic ring is 1. The Morgan fingerprint density at radius 2 is 2.08 bits per heavy atom. The molecule has 0 fully saturated rings. The van der Waals surface area contributed by atoms with Crippen LogP contribution >= 0.6 is 23.2 Å². The molecular weight excluding hydrogens is 211 g/mol. The second-order valence-electron chi connectivity index (χ2n) is 2.66. The standard InChI is InChI=1S/C8H6Cl2N2O/c1-3-12-7-5(10)2-4(9)6(11)8(7)13-3/h2H,11H2,1H3. The Bertz CT molecular complexity index is 478. The van der Waals surface area contributed by atoms with Gasteiger partial charge in [-0.05, 0) is 6.07 Å². The maximum atomic E-state index is 5.89. The lowest BCUT2D eigenvalue weighted by Gasteiger charge is -1.98. The Labute approximate surface area is 84.4 Å². The fourth-order valence-electron chi connectivity index (χ4n) is 1.14. The van der Waals surface area contributed by atoms with Crippen molar-refractivity contribution in [3.8, 4) is 0 Å². The highest BCUT2D eigenvalue weighted by atomic mass is 35.5. The number of aromatic nitrogens is 1. The summed E-state index contributed by atoms with van der Waals surface area (Å²) in [5.41, 5.74) is 7.06. The van der Waals surface area contributed by atoms with E-state index in [1.807, 2.05) is 0 Å². The molecule has 0 radical (unpaired) electrons. The molecule has 1 aromatic carbocycles. The highest BCUT2D eigenvalue weighted by Gasteiger charge is 2.12. The number of hydrogen-bond donors (Lipinski definition) is 1. The molecule has 3 nitrogen and oxygen atoms in total. The number of aryl methyl sites for hydroxylation is 1. The maximum Gasteiger partial charge on any atom is 0.192 e. The highest BCUT2D eigenvalue weighted by Crippen LogP contribution is 2.34. The summed E-state index contributed by atoms with van der Waals surface area (Å²) >= 11 is 11.7. The molecule has 0 aliphatic carbocycles. The van der Waals surface area contributed by atoms with Gasteiger partial charge in [-0.25, -0.2) is 4.98 Å². The Hall–Kier alpha value is -0.930. The fraction of sp³-hybridized carbons (Fsp3) is 0.125. The smallest absolute Gasteiger partial charge is 0.192 e. The third-order valence-corrected chi connectivity index (χ3v) is 2.32. The first-order valence-electron chi connectivity index (χ1n) is 3.60. The summed E-state index contributed by atoms with van der Waals surface area (Å²) in [6.45, 7) is 1.73. The first kappa shape index (κ1) is 8.66. The van der Waals surface area contributed by atoms with Crippen molar-refractivity contribution in [1.82, 2.24) is 4.98 Å². The lowest BCUT2D eigenvalue weighted by molar-refractivity contribution is 0.562. The number of fused-ring (bicyclic) bond motifs is 1. The number of benzene rings is 1. The molecule has 0 aliphatic heterocycles. The lowest BCUT2D eigenvalue weighted by atomic mass is 10.3. The van der Waals surface area contributed by atoms with E-state index in [2.05, 4.69) is 4.98 Å². The van der Waals surface area contributed by atoms with Gasteiger partial charge < -0.3 is 10.2 Å². The van der Waals surface area contributed by atoms with Gasteiger partial charge >= 0.3 is 0 Å². The summed E-state index contributed by atoms with van der Waals surface area (Å²) in [7, 11) is 0. The molecule has 0 aliphatic rings. The minimum absolute atomic E-state index is 0.377. The lowest BCUT2D eigenvalue weighted by Crippen LogP contribution is -1.87. The van der Waals surface area contributed by atoms with Crippen LogP contribution in [0.4, 0.5) is 5.69 Å². The third kappa shape index (κ3) is 1.24. The molecule has 2 N–H and O–H groups in total. The van der Waals surface area contributed by atoms with E-state index in [0.29, 0.717) is 32.7 Å². The van der Waals surface area contributed by atoms with Crippen LogP contribution in [0.5, 0.6) is 0 Å². The van der Waals surface area contributed by atoms with Gasteiger partial charge in [0.2, 0.25) is 0 Å². The van der Waals surface area contributed by atoms with Crippen molar-refractivity contribution in [2.45, 2.75) is 6.92 Å². The van der Waals surface area contributed by atoms with Crippen molar-refractivity contribution >= 4 is 40.0 Å². The molecule has 13 heavy (non-hydrogen) atoms. The first-order valence-corrected chi connectivity index (χ1v) is 4.36. The number of anilines is 1. The zero-order chi connectivity index (χ0) is 9.59. The van der Waals surface area contributed by atoms with Crippen molar-refractivity contribution in [1.29, 1.82) is 0 Å². The van der Waals surface area contributed by atoms with Gasteiger partial charge in [-0.15, -0.1) is 0 Å². The van der Waals surface area contributed by atoms with Crippen molar-refractivity contribution in [3.05, 3.63) is 22.0 Å². The largest absolute Gasteiger partial charge is 0.439 e. The summed E-state index contributed by atoms with van der Waals surface area (Å²) < 4.78 is 5.26. The van der Waals surface area contributed by atoms with E-state index in [1.165, 1.54) is 0 Å². The van der Waals surface area contributed by atoms with Crippen LogP contribution in [0.2, 0.25) is 10.0 Å². The molecular formula is C8H6Cl2N2O. The average molecular weight is 217 g/mol. The number of hydrogen-bond acceptors (Lipinski definition) is 3.